The van der Waals surface area contributed by atoms with Gasteiger partial charge in [0, 0.05) is 38.9 Å². The number of hydrogen-bond acceptors (Lipinski definition) is 4. The van der Waals surface area contributed by atoms with Crippen LogP contribution in [-0.4, -0.2) is 63.9 Å². The van der Waals surface area contributed by atoms with E-state index in [0.29, 0.717) is 25.8 Å². The molecule has 1 fully saturated rings. The second kappa shape index (κ2) is 11.0. The van der Waals surface area contributed by atoms with Crippen molar-refractivity contribution in [2.45, 2.75) is 39.3 Å². The van der Waals surface area contributed by atoms with Crippen molar-refractivity contribution >= 4 is 5.96 Å². The summed E-state index contributed by atoms with van der Waals surface area (Å²) in [6.45, 7) is 9.36. The van der Waals surface area contributed by atoms with Gasteiger partial charge in [0.1, 0.15) is 12.4 Å². The van der Waals surface area contributed by atoms with E-state index < -0.39 is 0 Å². The molecule has 1 aromatic carbocycles. The number of aryl methyl sites for hydroxylation is 1. The zero-order valence-electron chi connectivity index (χ0n) is 16.7. The Labute approximate surface area is 158 Å². The van der Waals surface area contributed by atoms with E-state index >= 15 is 0 Å². The molecule has 1 aliphatic rings. The number of methoxy groups -OCH3 is 1. The molecule has 2 rings (SSSR count). The average Bonchev–Trinajstić information content (AvgIpc) is 3.11. The number of guanidine groups is 1. The summed E-state index contributed by atoms with van der Waals surface area (Å²) in [6, 6.07) is 6.88. The molecule has 1 unspecified atom stereocenters. The van der Waals surface area contributed by atoms with E-state index in [1.165, 1.54) is 24.9 Å². The van der Waals surface area contributed by atoms with Crippen molar-refractivity contribution in [1.29, 1.82) is 0 Å². The molecule has 1 aliphatic heterocycles. The van der Waals surface area contributed by atoms with E-state index in [-0.39, 0.29) is 0 Å². The van der Waals surface area contributed by atoms with Gasteiger partial charge in [-0.2, -0.15) is 0 Å². The Morgan fingerprint density at radius 3 is 2.88 bits per heavy atom. The molecule has 0 bridgehead atoms. The fourth-order valence-electron chi connectivity index (χ4n) is 3.33. The summed E-state index contributed by atoms with van der Waals surface area (Å²) >= 11 is 0. The van der Waals surface area contributed by atoms with Crippen molar-refractivity contribution in [3.63, 3.8) is 0 Å². The first-order valence-electron chi connectivity index (χ1n) is 9.57. The first kappa shape index (κ1) is 20.5. The van der Waals surface area contributed by atoms with Gasteiger partial charge in [0.05, 0.1) is 6.61 Å². The van der Waals surface area contributed by atoms with Crippen LogP contribution in [0.1, 0.15) is 30.9 Å². The normalized spacial score (nSPS) is 18.2. The van der Waals surface area contributed by atoms with Crippen LogP contribution in [0.5, 0.6) is 5.75 Å². The molecule has 6 heteroatoms. The van der Waals surface area contributed by atoms with Gasteiger partial charge in [-0.05, 0) is 44.5 Å². The summed E-state index contributed by atoms with van der Waals surface area (Å²) in [5.74, 6) is 1.73. The molecular weight excluding hydrogens is 328 g/mol. The maximum absolute atomic E-state index is 5.86. The minimum atomic E-state index is 0.550. The van der Waals surface area contributed by atoms with Crippen molar-refractivity contribution in [3.05, 3.63) is 29.3 Å². The standard InChI is InChI=1S/C20H34N4O2/c1-5-24-10-6-7-18(24)15-23-20(21-3)22-14-17-9-8-16(2)13-19(17)26-12-11-25-4/h8-9,13,18H,5-7,10-12,14-15H2,1-4H3,(H2,21,22,23). The van der Waals surface area contributed by atoms with Crippen LogP contribution in [0.25, 0.3) is 0 Å². The third-order valence-electron chi connectivity index (χ3n) is 4.85. The van der Waals surface area contributed by atoms with Gasteiger partial charge in [0.2, 0.25) is 0 Å². The molecule has 1 aromatic rings. The highest BCUT2D eigenvalue weighted by Gasteiger charge is 2.22. The van der Waals surface area contributed by atoms with Crippen LogP contribution in [0.4, 0.5) is 0 Å². The maximum Gasteiger partial charge on any atom is 0.191 e. The summed E-state index contributed by atoms with van der Waals surface area (Å²) < 4.78 is 10.9. The Morgan fingerprint density at radius 2 is 2.15 bits per heavy atom. The predicted molar refractivity (Wildman–Crippen MR) is 107 cm³/mol. The first-order valence-corrected chi connectivity index (χ1v) is 9.57. The third kappa shape index (κ3) is 6.18. The molecule has 0 saturated carbocycles. The summed E-state index contributed by atoms with van der Waals surface area (Å²) in [5, 5.41) is 6.87. The van der Waals surface area contributed by atoms with Gasteiger partial charge in [-0.15, -0.1) is 0 Å². The van der Waals surface area contributed by atoms with Crippen LogP contribution in [0.2, 0.25) is 0 Å². The lowest BCUT2D eigenvalue weighted by Gasteiger charge is -2.24. The number of benzene rings is 1. The Bertz CT molecular complexity index is 577. The molecule has 0 aliphatic carbocycles. The van der Waals surface area contributed by atoms with Gasteiger partial charge in [-0.3, -0.25) is 9.89 Å². The molecular formula is C20H34N4O2. The number of ether oxygens (including phenoxy) is 2. The molecule has 0 amide bonds. The van der Waals surface area contributed by atoms with E-state index in [4.69, 9.17) is 9.47 Å². The molecule has 146 valence electrons. The molecule has 2 N–H and O–H groups in total. The van der Waals surface area contributed by atoms with E-state index in [2.05, 4.69) is 52.6 Å². The van der Waals surface area contributed by atoms with Gasteiger partial charge in [-0.1, -0.05) is 19.1 Å². The van der Waals surface area contributed by atoms with Gasteiger partial charge in [0.15, 0.2) is 5.96 Å². The fraction of sp³-hybridized carbons (Fsp3) is 0.650. The predicted octanol–water partition coefficient (Wildman–Crippen LogP) is 2.17. The smallest absolute Gasteiger partial charge is 0.191 e. The first-order chi connectivity index (χ1) is 12.7. The Morgan fingerprint density at radius 1 is 1.31 bits per heavy atom. The van der Waals surface area contributed by atoms with Crippen LogP contribution in [-0.2, 0) is 11.3 Å². The number of nitrogens with zero attached hydrogens (tertiary/aromatic N) is 2. The van der Waals surface area contributed by atoms with Gasteiger partial charge >= 0.3 is 0 Å². The molecule has 0 spiro atoms. The van der Waals surface area contributed by atoms with E-state index in [0.717, 1.165) is 30.4 Å². The van der Waals surface area contributed by atoms with Crippen LogP contribution < -0.4 is 15.4 Å². The van der Waals surface area contributed by atoms with Gasteiger partial charge in [0.25, 0.3) is 0 Å². The molecule has 1 saturated heterocycles. The number of likely N-dealkylation sites (N-methyl/N-ethyl adjacent to an activating group) is 1. The minimum absolute atomic E-state index is 0.550. The van der Waals surface area contributed by atoms with Crippen molar-refractivity contribution in [1.82, 2.24) is 15.5 Å². The highest BCUT2D eigenvalue weighted by molar-refractivity contribution is 5.79. The topological polar surface area (TPSA) is 58.1 Å². The SMILES string of the molecule is CCN1CCCC1CNC(=NC)NCc1ccc(C)cc1OCCOC. The maximum atomic E-state index is 5.86. The van der Waals surface area contributed by atoms with Crippen molar-refractivity contribution in [3.8, 4) is 5.75 Å². The van der Waals surface area contributed by atoms with Gasteiger partial charge < -0.3 is 20.1 Å². The van der Waals surface area contributed by atoms with Gasteiger partial charge in [-0.25, -0.2) is 0 Å². The van der Waals surface area contributed by atoms with Crippen molar-refractivity contribution in [2.75, 3.05) is 47.0 Å². The quantitative estimate of drug-likeness (QED) is 0.401. The second-order valence-corrected chi connectivity index (χ2v) is 6.68. The highest BCUT2D eigenvalue weighted by atomic mass is 16.5. The molecule has 1 atom stereocenters. The zero-order chi connectivity index (χ0) is 18.8. The molecule has 6 nitrogen and oxygen atoms in total. The lowest BCUT2D eigenvalue weighted by Crippen LogP contribution is -2.44. The Balaban J connectivity index is 1.87. The van der Waals surface area contributed by atoms with Crippen LogP contribution >= 0.6 is 0 Å². The van der Waals surface area contributed by atoms with Crippen LogP contribution in [0.3, 0.4) is 0 Å². The average molecular weight is 363 g/mol. The summed E-state index contributed by atoms with van der Waals surface area (Å²) in [6.07, 6.45) is 2.55. The lowest BCUT2D eigenvalue weighted by atomic mass is 10.1. The molecule has 26 heavy (non-hydrogen) atoms. The number of likely N-dealkylation sites (tertiary alicyclic amines) is 1. The second-order valence-electron chi connectivity index (χ2n) is 6.68. The largest absolute Gasteiger partial charge is 0.491 e. The van der Waals surface area contributed by atoms with Crippen LogP contribution in [0, 0.1) is 6.92 Å². The van der Waals surface area contributed by atoms with Crippen LogP contribution in [0.15, 0.2) is 23.2 Å². The number of rotatable bonds is 9. The monoisotopic (exact) mass is 362 g/mol. The zero-order valence-corrected chi connectivity index (χ0v) is 16.7. The molecule has 1 heterocycles. The molecule has 0 aromatic heterocycles. The van der Waals surface area contributed by atoms with Crippen molar-refractivity contribution < 1.29 is 9.47 Å². The minimum Gasteiger partial charge on any atom is -0.491 e. The molecule has 0 radical (unpaired) electrons. The number of aliphatic imine (C=N–C) groups is 1. The lowest BCUT2D eigenvalue weighted by molar-refractivity contribution is 0.145. The van der Waals surface area contributed by atoms with E-state index in [9.17, 15) is 0 Å². The van der Waals surface area contributed by atoms with E-state index in [1.807, 2.05) is 7.05 Å². The van der Waals surface area contributed by atoms with E-state index in [1.54, 1.807) is 7.11 Å². The summed E-state index contributed by atoms with van der Waals surface area (Å²) in [7, 11) is 3.49. The third-order valence-corrected chi connectivity index (χ3v) is 4.85. The number of nitrogens with one attached hydrogen (secondary N) is 2. The Hall–Kier alpha value is -1.79. The highest BCUT2D eigenvalue weighted by Crippen LogP contribution is 2.20. The van der Waals surface area contributed by atoms with Crippen molar-refractivity contribution in [2.24, 2.45) is 4.99 Å². The number of hydrogen-bond donors (Lipinski definition) is 2. The summed E-state index contributed by atoms with van der Waals surface area (Å²) in [5.41, 5.74) is 2.30. The Kier molecular flexibility index (Phi) is 8.71. The summed E-state index contributed by atoms with van der Waals surface area (Å²) in [4.78, 5) is 6.88. The fourth-order valence-corrected chi connectivity index (χ4v) is 3.33.